The lowest BCUT2D eigenvalue weighted by molar-refractivity contribution is 0.538. The van der Waals surface area contributed by atoms with Gasteiger partial charge in [0.1, 0.15) is 0 Å². The lowest BCUT2D eigenvalue weighted by atomic mass is 10.0. The normalized spacial score (nSPS) is 24.9. The van der Waals surface area contributed by atoms with E-state index in [1.807, 2.05) is 18.2 Å². The Morgan fingerprint density at radius 3 is 2.53 bits per heavy atom. The highest BCUT2D eigenvalue weighted by molar-refractivity contribution is 6.31. The van der Waals surface area contributed by atoms with Crippen molar-refractivity contribution in [2.45, 2.75) is 32.1 Å². The number of halogens is 2. The largest absolute Gasteiger partial charge is 0.122 e. The Balaban J connectivity index is 2.01. The average molecular weight is 243 g/mol. The minimum absolute atomic E-state index is 0.222. The lowest BCUT2D eigenvalue weighted by Crippen LogP contribution is -2.10. The minimum atomic E-state index is 0.222. The van der Waals surface area contributed by atoms with E-state index < -0.39 is 0 Å². The Morgan fingerprint density at radius 2 is 2.00 bits per heavy atom. The summed E-state index contributed by atoms with van der Waals surface area (Å²) < 4.78 is 0. The van der Waals surface area contributed by atoms with Crippen molar-refractivity contribution < 1.29 is 0 Å². The third-order valence-corrected chi connectivity index (χ3v) is 4.23. The van der Waals surface area contributed by atoms with Crippen LogP contribution in [0.25, 0.3) is 0 Å². The second-order valence-electron chi connectivity index (χ2n) is 5.11. The number of rotatable bonds is 3. The van der Waals surface area contributed by atoms with Gasteiger partial charge in [-0.1, -0.05) is 43.6 Å². The second-order valence-corrected chi connectivity index (χ2v) is 6.08. The molecule has 0 bridgehead atoms. The van der Waals surface area contributed by atoms with Crippen LogP contribution in [0.3, 0.4) is 0 Å². The summed E-state index contributed by atoms with van der Waals surface area (Å²) in [4.78, 5) is 0. The van der Waals surface area contributed by atoms with Crippen molar-refractivity contribution in [1.82, 2.24) is 0 Å². The van der Waals surface area contributed by atoms with Crippen LogP contribution in [-0.2, 0) is 6.42 Å². The Morgan fingerprint density at radius 1 is 1.40 bits per heavy atom. The SMILES string of the molecule is CC1(C)CC1C(Cl)Cc1ccccc1Cl. The van der Waals surface area contributed by atoms with Crippen molar-refractivity contribution in [3.8, 4) is 0 Å². The molecule has 0 aromatic heterocycles. The van der Waals surface area contributed by atoms with E-state index in [4.69, 9.17) is 23.2 Å². The first-order valence-electron chi connectivity index (χ1n) is 5.38. The van der Waals surface area contributed by atoms with Gasteiger partial charge >= 0.3 is 0 Å². The van der Waals surface area contributed by atoms with Crippen LogP contribution in [0.4, 0.5) is 0 Å². The molecule has 1 aromatic rings. The van der Waals surface area contributed by atoms with E-state index in [0.29, 0.717) is 11.3 Å². The summed E-state index contributed by atoms with van der Waals surface area (Å²) in [6.07, 6.45) is 2.13. The Labute approximate surface area is 102 Å². The molecule has 0 radical (unpaired) electrons. The summed E-state index contributed by atoms with van der Waals surface area (Å²) in [6, 6.07) is 7.96. The first-order chi connectivity index (χ1) is 7.00. The zero-order valence-electron chi connectivity index (χ0n) is 9.13. The maximum Gasteiger partial charge on any atom is 0.0438 e. The molecule has 2 unspecified atom stereocenters. The van der Waals surface area contributed by atoms with Gasteiger partial charge in [-0.15, -0.1) is 11.6 Å². The Bertz CT molecular complexity index is 357. The third-order valence-electron chi connectivity index (χ3n) is 3.40. The molecule has 0 heterocycles. The molecule has 0 N–H and O–H groups in total. The molecule has 1 aromatic carbocycles. The topological polar surface area (TPSA) is 0 Å². The first-order valence-corrected chi connectivity index (χ1v) is 6.19. The molecule has 2 heteroatoms. The van der Waals surface area contributed by atoms with Gasteiger partial charge in [0, 0.05) is 10.4 Å². The molecule has 1 aliphatic carbocycles. The van der Waals surface area contributed by atoms with Crippen molar-refractivity contribution in [2.75, 3.05) is 0 Å². The fraction of sp³-hybridized carbons (Fsp3) is 0.538. The summed E-state index contributed by atoms with van der Waals surface area (Å²) in [5.74, 6) is 0.649. The van der Waals surface area contributed by atoms with Gasteiger partial charge in [-0.25, -0.2) is 0 Å². The standard InChI is InChI=1S/C13H16Cl2/c1-13(2)8-10(13)12(15)7-9-5-3-4-6-11(9)14/h3-6,10,12H,7-8H2,1-2H3. The number of alkyl halides is 1. The second kappa shape index (κ2) is 3.99. The summed E-state index contributed by atoms with van der Waals surface area (Å²) >= 11 is 12.5. The summed E-state index contributed by atoms with van der Waals surface area (Å²) in [7, 11) is 0. The van der Waals surface area contributed by atoms with Crippen LogP contribution in [0.5, 0.6) is 0 Å². The molecular formula is C13H16Cl2. The van der Waals surface area contributed by atoms with Crippen LogP contribution in [0.15, 0.2) is 24.3 Å². The molecule has 82 valence electrons. The molecule has 0 amide bonds. The quantitative estimate of drug-likeness (QED) is 0.684. The maximum atomic E-state index is 6.41. The fourth-order valence-corrected chi connectivity index (χ4v) is 2.95. The van der Waals surface area contributed by atoms with Crippen LogP contribution >= 0.6 is 23.2 Å². The van der Waals surface area contributed by atoms with Gasteiger partial charge in [0.15, 0.2) is 0 Å². The predicted molar refractivity (Wildman–Crippen MR) is 66.7 cm³/mol. The molecule has 2 atom stereocenters. The summed E-state index contributed by atoms with van der Waals surface area (Å²) in [5.41, 5.74) is 1.61. The molecule has 2 rings (SSSR count). The number of hydrogen-bond acceptors (Lipinski definition) is 0. The monoisotopic (exact) mass is 242 g/mol. The lowest BCUT2D eigenvalue weighted by Gasteiger charge is -2.12. The van der Waals surface area contributed by atoms with Gasteiger partial charge in [0.05, 0.1) is 0 Å². The van der Waals surface area contributed by atoms with Crippen LogP contribution in [0.2, 0.25) is 5.02 Å². The van der Waals surface area contributed by atoms with Crippen LogP contribution in [0, 0.1) is 11.3 Å². The minimum Gasteiger partial charge on any atom is -0.122 e. The van der Waals surface area contributed by atoms with Gasteiger partial charge < -0.3 is 0 Å². The molecule has 1 aliphatic rings. The Hall–Kier alpha value is -0.200. The zero-order chi connectivity index (χ0) is 11.1. The van der Waals surface area contributed by atoms with Crippen LogP contribution < -0.4 is 0 Å². The van der Waals surface area contributed by atoms with Crippen molar-refractivity contribution in [2.24, 2.45) is 11.3 Å². The fourth-order valence-electron chi connectivity index (χ4n) is 2.14. The average Bonchev–Trinajstić information content (AvgIpc) is 2.79. The van der Waals surface area contributed by atoms with E-state index in [9.17, 15) is 0 Å². The van der Waals surface area contributed by atoms with Gasteiger partial charge in [-0.05, 0) is 35.8 Å². The van der Waals surface area contributed by atoms with E-state index in [2.05, 4.69) is 19.9 Å². The highest BCUT2D eigenvalue weighted by atomic mass is 35.5. The van der Waals surface area contributed by atoms with Crippen molar-refractivity contribution in [1.29, 1.82) is 0 Å². The van der Waals surface area contributed by atoms with Gasteiger partial charge in [-0.3, -0.25) is 0 Å². The molecule has 0 aliphatic heterocycles. The molecule has 0 nitrogen and oxygen atoms in total. The highest BCUT2D eigenvalue weighted by Crippen LogP contribution is 2.55. The molecule has 0 saturated heterocycles. The van der Waals surface area contributed by atoms with Gasteiger partial charge in [0.25, 0.3) is 0 Å². The van der Waals surface area contributed by atoms with Gasteiger partial charge in [0.2, 0.25) is 0 Å². The predicted octanol–water partition coefficient (Wildman–Crippen LogP) is 4.54. The van der Waals surface area contributed by atoms with Crippen molar-refractivity contribution in [3.05, 3.63) is 34.9 Å². The van der Waals surface area contributed by atoms with E-state index in [-0.39, 0.29) is 5.38 Å². The van der Waals surface area contributed by atoms with Crippen LogP contribution in [-0.4, -0.2) is 5.38 Å². The van der Waals surface area contributed by atoms with Crippen molar-refractivity contribution in [3.63, 3.8) is 0 Å². The smallest absolute Gasteiger partial charge is 0.0438 e. The first kappa shape index (κ1) is 11.3. The van der Waals surface area contributed by atoms with E-state index in [0.717, 1.165) is 11.4 Å². The summed E-state index contributed by atoms with van der Waals surface area (Å²) in [6.45, 7) is 4.55. The van der Waals surface area contributed by atoms with E-state index >= 15 is 0 Å². The molecule has 0 spiro atoms. The molecule has 15 heavy (non-hydrogen) atoms. The Kier molecular flexibility index (Phi) is 3.00. The van der Waals surface area contributed by atoms with E-state index in [1.54, 1.807) is 0 Å². The zero-order valence-corrected chi connectivity index (χ0v) is 10.6. The highest BCUT2D eigenvalue weighted by Gasteiger charge is 2.49. The molecular weight excluding hydrogens is 227 g/mol. The third kappa shape index (κ3) is 2.49. The van der Waals surface area contributed by atoms with Crippen LogP contribution in [0.1, 0.15) is 25.8 Å². The molecule has 1 saturated carbocycles. The maximum absolute atomic E-state index is 6.41. The number of hydrogen-bond donors (Lipinski definition) is 0. The van der Waals surface area contributed by atoms with E-state index in [1.165, 1.54) is 12.0 Å². The van der Waals surface area contributed by atoms with Gasteiger partial charge in [-0.2, -0.15) is 0 Å². The summed E-state index contributed by atoms with van der Waals surface area (Å²) in [5, 5.41) is 1.06. The number of benzene rings is 1. The van der Waals surface area contributed by atoms with Crippen molar-refractivity contribution >= 4 is 23.2 Å². The molecule has 1 fully saturated rings.